The van der Waals surface area contributed by atoms with Crippen molar-refractivity contribution >= 4 is 50.4 Å². The lowest BCUT2D eigenvalue weighted by Crippen LogP contribution is -2.16. The van der Waals surface area contributed by atoms with E-state index in [0.717, 1.165) is 11.3 Å². The SMILES string of the molecule is O=C(Nc1ccccc1NS(=O)(=O)c1cccs1)c1ccc(SC(F)(F)F)cc1. The molecule has 0 aliphatic rings. The van der Waals surface area contributed by atoms with Crippen LogP contribution in [0.2, 0.25) is 0 Å². The minimum atomic E-state index is -4.41. The lowest BCUT2D eigenvalue weighted by atomic mass is 10.2. The van der Waals surface area contributed by atoms with Gasteiger partial charge in [0.1, 0.15) is 4.21 Å². The lowest BCUT2D eigenvalue weighted by Gasteiger charge is -2.13. The number of sulfonamides is 1. The van der Waals surface area contributed by atoms with E-state index in [1.165, 1.54) is 42.5 Å². The van der Waals surface area contributed by atoms with Crippen molar-refractivity contribution in [2.75, 3.05) is 10.0 Å². The molecule has 5 nitrogen and oxygen atoms in total. The quantitative estimate of drug-likeness (QED) is 0.484. The maximum absolute atomic E-state index is 12.4. The maximum atomic E-state index is 12.4. The summed E-state index contributed by atoms with van der Waals surface area (Å²) in [4.78, 5) is 12.4. The molecule has 0 atom stereocenters. The van der Waals surface area contributed by atoms with Crippen LogP contribution in [0.25, 0.3) is 0 Å². The number of thiophene rings is 1. The van der Waals surface area contributed by atoms with Crippen molar-refractivity contribution in [1.29, 1.82) is 0 Å². The molecule has 152 valence electrons. The first-order chi connectivity index (χ1) is 13.6. The second-order valence-electron chi connectivity index (χ2n) is 5.61. The zero-order valence-corrected chi connectivity index (χ0v) is 16.9. The van der Waals surface area contributed by atoms with Crippen molar-refractivity contribution in [3.8, 4) is 0 Å². The highest BCUT2D eigenvalue weighted by Gasteiger charge is 2.29. The summed E-state index contributed by atoms with van der Waals surface area (Å²) in [5.74, 6) is -0.587. The number of rotatable bonds is 6. The Labute approximate surface area is 173 Å². The number of hydrogen-bond donors (Lipinski definition) is 2. The number of amides is 1. The summed E-state index contributed by atoms with van der Waals surface area (Å²) in [5, 5.41) is 4.20. The van der Waals surface area contributed by atoms with E-state index in [-0.39, 0.29) is 37.8 Å². The van der Waals surface area contributed by atoms with E-state index in [1.807, 2.05) is 0 Å². The fourth-order valence-electron chi connectivity index (χ4n) is 2.30. The molecule has 3 rings (SSSR count). The summed E-state index contributed by atoms with van der Waals surface area (Å²) >= 11 is 0.776. The number of carbonyl (C=O) groups is 1. The Morgan fingerprint density at radius 3 is 2.17 bits per heavy atom. The van der Waals surface area contributed by atoms with E-state index in [4.69, 9.17) is 0 Å². The standard InChI is InChI=1S/C18H13F3N2O3S3/c19-18(20,21)28-13-9-7-12(8-10-13)17(24)22-14-4-1-2-5-15(14)23-29(25,26)16-6-3-11-27-16/h1-11,23H,(H,22,24). The molecule has 3 aromatic rings. The van der Waals surface area contributed by atoms with Gasteiger partial charge in [-0.2, -0.15) is 13.2 Å². The Balaban J connectivity index is 1.76. The van der Waals surface area contributed by atoms with E-state index in [1.54, 1.807) is 23.6 Å². The molecule has 1 heterocycles. The van der Waals surface area contributed by atoms with Gasteiger partial charge in [-0.25, -0.2) is 8.42 Å². The Hall–Kier alpha value is -2.50. The summed E-state index contributed by atoms with van der Waals surface area (Å²) in [6.07, 6.45) is 0. The van der Waals surface area contributed by atoms with Gasteiger partial charge >= 0.3 is 5.51 Å². The van der Waals surface area contributed by atoms with Crippen LogP contribution in [0.1, 0.15) is 10.4 Å². The van der Waals surface area contributed by atoms with Crippen LogP contribution in [0.15, 0.2) is 75.1 Å². The Bertz CT molecular complexity index is 1100. The maximum Gasteiger partial charge on any atom is 0.446 e. The first-order valence-electron chi connectivity index (χ1n) is 7.96. The number of anilines is 2. The molecule has 1 amide bonds. The fourth-order valence-corrected chi connectivity index (χ4v) is 4.91. The summed E-state index contributed by atoms with van der Waals surface area (Å²) in [7, 11) is -3.81. The summed E-state index contributed by atoms with van der Waals surface area (Å²) in [6.45, 7) is 0. The molecule has 29 heavy (non-hydrogen) atoms. The van der Waals surface area contributed by atoms with Gasteiger partial charge in [0.25, 0.3) is 15.9 Å². The van der Waals surface area contributed by atoms with Crippen LogP contribution in [-0.2, 0) is 10.0 Å². The molecule has 0 aliphatic heterocycles. The van der Waals surface area contributed by atoms with Crippen LogP contribution in [0.5, 0.6) is 0 Å². The third-order valence-corrected chi connectivity index (χ3v) is 7.03. The summed E-state index contributed by atoms with van der Waals surface area (Å²) in [6, 6.07) is 14.2. The van der Waals surface area contributed by atoms with Crippen LogP contribution in [-0.4, -0.2) is 19.8 Å². The lowest BCUT2D eigenvalue weighted by molar-refractivity contribution is -0.0328. The van der Waals surface area contributed by atoms with Gasteiger partial charge in [-0.05, 0) is 59.6 Å². The van der Waals surface area contributed by atoms with Crippen molar-refractivity contribution in [1.82, 2.24) is 0 Å². The van der Waals surface area contributed by atoms with E-state index in [0.29, 0.717) is 0 Å². The molecular formula is C18H13F3N2O3S3. The van der Waals surface area contributed by atoms with Crippen LogP contribution in [0.3, 0.4) is 0 Å². The molecule has 0 fully saturated rings. The molecule has 11 heteroatoms. The van der Waals surface area contributed by atoms with Gasteiger partial charge < -0.3 is 5.32 Å². The van der Waals surface area contributed by atoms with Crippen molar-refractivity contribution in [3.05, 3.63) is 71.6 Å². The Kier molecular flexibility index (Phi) is 6.20. The molecule has 2 aromatic carbocycles. The number of hydrogen-bond acceptors (Lipinski definition) is 5. The Morgan fingerprint density at radius 2 is 1.59 bits per heavy atom. The van der Waals surface area contributed by atoms with Crippen LogP contribution >= 0.6 is 23.1 Å². The van der Waals surface area contributed by atoms with Gasteiger partial charge in [0.2, 0.25) is 0 Å². The van der Waals surface area contributed by atoms with Gasteiger partial charge in [-0.1, -0.05) is 18.2 Å². The van der Waals surface area contributed by atoms with E-state index < -0.39 is 21.4 Å². The van der Waals surface area contributed by atoms with Crippen LogP contribution in [0.4, 0.5) is 24.5 Å². The van der Waals surface area contributed by atoms with Gasteiger partial charge in [-0.3, -0.25) is 9.52 Å². The van der Waals surface area contributed by atoms with Gasteiger partial charge in [0, 0.05) is 10.5 Å². The van der Waals surface area contributed by atoms with Gasteiger partial charge in [0.15, 0.2) is 0 Å². The minimum Gasteiger partial charge on any atom is -0.320 e. The van der Waals surface area contributed by atoms with Gasteiger partial charge in [-0.15, -0.1) is 11.3 Å². The molecule has 0 aliphatic carbocycles. The predicted octanol–water partition coefficient (Wildman–Crippen LogP) is 5.41. The zero-order chi connectivity index (χ0) is 21.1. The number of carbonyl (C=O) groups excluding carboxylic acids is 1. The number of benzene rings is 2. The number of alkyl halides is 3. The van der Waals surface area contributed by atoms with Crippen molar-refractivity contribution in [2.24, 2.45) is 0 Å². The number of halogens is 3. The van der Waals surface area contributed by atoms with Crippen LogP contribution in [0, 0.1) is 0 Å². The van der Waals surface area contributed by atoms with Crippen molar-refractivity contribution in [2.45, 2.75) is 14.6 Å². The first kappa shape index (κ1) is 21.2. The number of para-hydroxylation sites is 2. The molecule has 0 bridgehead atoms. The molecule has 0 saturated carbocycles. The Morgan fingerprint density at radius 1 is 0.931 bits per heavy atom. The molecule has 0 radical (unpaired) electrons. The topological polar surface area (TPSA) is 75.3 Å². The fraction of sp³-hybridized carbons (Fsp3) is 0.0556. The smallest absolute Gasteiger partial charge is 0.320 e. The summed E-state index contributed by atoms with van der Waals surface area (Å²) < 4.78 is 64.6. The highest BCUT2D eigenvalue weighted by molar-refractivity contribution is 8.00. The number of thioether (sulfide) groups is 1. The number of nitrogens with one attached hydrogen (secondary N) is 2. The van der Waals surface area contributed by atoms with E-state index in [2.05, 4.69) is 10.0 Å². The largest absolute Gasteiger partial charge is 0.446 e. The normalized spacial score (nSPS) is 11.8. The predicted molar refractivity (Wildman–Crippen MR) is 108 cm³/mol. The molecule has 2 N–H and O–H groups in total. The monoisotopic (exact) mass is 458 g/mol. The summed E-state index contributed by atoms with van der Waals surface area (Å²) in [5.41, 5.74) is -3.90. The molecule has 1 aromatic heterocycles. The molecule has 0 spiro atoms. The van der Waals surface area contributed by atoms with Crippen molar-refractivity contribution < 1.29 is 26.4 Å². The highest BCUT2D eigenvalue weighted by Crippen LogP contribution is 2.36. The van der Waals surface area contributed by atoms with Crippen LogP contribution < -0.4 is 10.0 Å². The average molecular weight is 459 g/mol. The third kappa shape index (κ3) is 5.75. The van der Waals surface area contributed by atoms with E-state index >= 15 is 0 Å². The van der Waals surface area contributed by atoms with E-state index in [9.17, 15) is 26.4 Å². The zero-order valence-electron chi connectivity index (χ0n) is 14.4. The second-order valence-corrected chi connectivity index (χ2v) is 9.60. The van der Waals surface area contributed by atoms with Gasteiger partial charge in [0.05, 0.1) is 11.4 Å². The average Bonchev–Trinajstić information content (AvgIpc) is 3.18. The molecule has 0 unspecified atom stereocenters. The first-order valence-corrected chi connectivity index (χ1v) is 11.1. The minimum absolute atomic E-state index is 0.0434. The van der Waals surface area contributed by atoms with Crippen molar-refractivity contribution in [3.63, 3.8) is 0 Å². The highest BCUT2D eigenvalue weighted by atomic mass is 32.2. The second kappa shape index (κ2) is 8.47. The molecule has 0 saturated heterocycles. The third-order valence-electron chi connectivity index (χ3n) is 3.53. The molecular weight excluding hydrogens is 445 g/mol.